The first-order valence-electron chi connectivity index (χ1n) is 6.69. The van der Waals surface area contributed by atoms with Gasteiger partial charge in [-0.1, -0.05) is 40.9 Å². The number of carbonyl (C=O) groups is 1. The van der Waals surface area contributed by atoms with Gasteiger partial charge in [-0.05, 0) is 24.3 Å². The Morgan fingerprint density at radius 3 is 2.87 bits per heavy atom. The van der Waals surface area contributed by atoms with Crippen molar-refractivity contribution in [2.24, 2.45) is 0 Å². The van der Waals surface area contributed by atoms with E-state index in [1.165, 1.54) is 0 Å². The number of carbonyl (C=O) groups excluding carboxylic acids is 1. The third-order valence-corrected chi connectivity index (χ3v) is 4.32. The van der Waals surface area contributed by atoms with Crippen LogP contribution in [0, 0.1) is 0 Å². The number of hydrogen-bond donors (Lipinski definition) is 0. The van der Waals surface area contributed by atoms with Gasteiger partial charge in [0.05, 0.1) is 22.2 Å². The predicted octanol–water partition coefficient (Wildman–Crippen LogP) is 4.87. The fourth-order valence-electron chi connectivity index (χ4n) is 2.25. The van der Waals surface area contributed by atoms with Crippen molar-refractivity contribution in [1.82, 2.24) is 0 Å². The van der Waals surface area contributed by atoms with Crippen molar-refractivity contribution in [1.29, 1.82) is 0 Å². The lowest BCUT2D eigenvalue weighted by molar-refractivity contribution is -0.0180. The molecule has 7 heteroatoms. The molecule has 0 unspecified atom stereocenters. The normalized spacial score (nSPS) is 13.2. The molecule has 4 nitrogen and oxygen atoms in total. The van der Waals surface area contributed by atoms with E-state index >= 15 is 0 Å². The molecule has 0 saturated heterocycles. The van der Waals surface area contributed by atoms with Crippen LogP contribution in [0.2, 0.25) is 15.1 Å². The molecular formula is C16H11Cl3O4. The summed E-state index contributed by atoms with van der Waals surface area (Å²) in [4.78, 5) is 12.2. The van der Waals surface area contributed by atoms with Crippen molar-refractivity contribution >= 4 is 40.8 Å². The van der Waals surface area contributed by atoms with Gasteiger partial charge < -0.3 is 14.2 Å². The van der Waals surface area contributed by atoms with E-state index in [2.05, 4.69) is 0 Å². The average Bonchev–Trinajstić information content (AvgIpc) is 2.54. The lowest BCUT2D eigenvalue weighted by Gasteiger charge is -2.21. The van der Waals surface area contributed by atoms with E-state index in [-0.39, 0.29) is 24.0 Å². The summed E-state index contributed by atoms with van der Waals surface area (Å²) in [5.41, 5.74) is 1.69. The Morgan fingerprint density at radius 2 is 2.04 bits per heavy atom. The van der Waals surface area contributed by atoms with Gasteiger partial charge in [0, 0.05) is 16.1 Å². The van der Waals surface area contributed by atoms with Crippen LogP contribution in [0.15, 0.2) is 30.3 Å². The molecule has 1 aliphatic heterocycles. The van der Waals surface area contributed by atoms with Crippen LogP contribution in [0.5, 0.6) is 5.75 Å². The zero-order valence-electron chi connectivity index (χ0n) is 11.8. The van der Waals surface area contributed by atoms with Crippen molar-refractivity contribution in [2.45, 2.75) is 13.2 Å². The minimum atomic E-state index is -0.571. The molecule has 0 saturated carbocycles. The molecule has 0 aliphatic carbocycles. The molecule has 2 aromatic carbocycles. The van der Waals surface area contributed by atoms with Crippen molar-refractivity contribution in [2.75, 3.05) is 6.79 Å². The largest absolute Gasteiger partial charge is 0.467 e. The molecule has 0 radical (unpaired) electrons. The second kappa shape index (κ2) is 6.97. The van der Waals surface area contributed by atoms with E-state index in [4.69, 9.17) is 49.0 Å². The Kier molecular flexibility index (Phi) is 4.97. The average molecular weight is 374 g/mol. The summed E-state index contributed by atoms with van der Waals surface area (Å²) in [7, 11) is 0. The van der Waals surface area contributed by atoms with Crippen LogP contribution in [-0.4, -0.2) is 12.8 Å². The van der Waals surface area contributed by atoms with Gasteiger partial charge in [0.15, 0.2) is 6.79 Å². The third-order valence-electron chi connectivity index (χ3n) is 3.28. The summed E-state index contributed by atoms with van der Waals surface area (Å²) < 4.78 is 16.0. The summed E-state index contributed by atoms with van der Waals surface area (Å²) in [6, 6.07) is 8.23. The Balaban J connectivity index is 1.79. The van der Waals surface area contributed by atoms with Crippen molar-refractivity contribution in [3.05, 3.63) is 62.1 Å². The highest BCUT2D eigenvalue weighted by molar-refractivity contribution is 6.43. The van der Waals surface area contributed by atoms with Gasteiger partial charge in [0.25, 0.3) is 0 Å². The molecule has 0 spiro atoms. The third kappa shape index (κ3) is 3.56. The van der Waals surface area contributed by atoms with Gasteiger partial charge in [-0.3, -0.25) is 0 Å². The van der Waals surface area contributed by atoms with Gasteiger partial charge in [-0.2, -0.15) is 0 Å². The van der Waals surface area contributed by atoms with Crippen LogP contribution < -0.4 is 4.74 Å². The zero-order valence-corrected chi connectivity index (χ0v) is 14.0. The summed E-state index contributed by atoms with van der Waals surface area (Å²) in [5.74, 6) is 0.0592. The summed E-state index contributed by atoms with van der Waals surface area (Å²) in [6.07, 6.45) is 0. The first-order valence-corrected chi connectivity index (χ1v) is 7.82. The number of benzene rings is 2. The highest BCUT2D eigenvalue weighted by Crippen LogP contribution is 2.32. The monoisotopic (exact) mass is 372 g/mol. The maximum Gasteiger partial charge on any atom is 0.340 e. The summed E-state index contributed by atoms with van der Waals surface area (Å²) in [6.45, 7) is 0.553. The molecule has 1 heterocycles. The van der Waals surface area contributed by atoms with Crippen LogP contribution in [0.3, 0.4) is 0 Å². The van der Waals surface area contributed by atoms with Gasteiger partial charge >= 0.3 is 5.97 Å². The predicted molar refractivity (Wildman–Crippen MR) is 87.3 cm³/mol. The summed E-state index contributed by atoms with van der Waals surface area (Å²) >= 11 is 18.0. The van der Waals surface area contributed by atoms with Crippen LogP contribution in [-0.2, 0) is 22.7 Å². The zero-order chi connectivity index (χ0) is 16.4. The standard InChI is InChI=1S/C16H11Cl3O4/c17-11-4-9-6-21-8-23-15(9)10(5-11)7-22-16(20)12-2-1-3-13(18)14(12)19/h1-5H,6-8H2. The number of esters is 1. The first kappa shape index (κ1) is 16.4. The number of fused-ring (bicyclic) bond motifs is 1. The molecule has 0 fully saturated rings. The van der Waals surface area contributed by atoms with E-state index in [1.54, 1.807) is 30.3 Å². The fourth-order valence-corrected chi connectivity index (χ4v) is 2.89. The van der Waals surface area contributed by atoms with Crippen LogP contribution in [0.4, 0.5) is 0 Å². The van der Waals surface area contributed by atoms with E-state index in [0.29, 0.717) is 28.0 Å². The van der Waals surface area contributed by atoms with Gasteiger partial charge in [-0.25, -0.2) is 4.79 Å². The molecule has 0 bridgehead atoms. The van der Waals surface area contributed by atoms with E-state index in [1.807, 2.05) is 0 Å². The number of hydrogen-bond acceptors (Lipinski definition) is 4. The molecule has 0 aromatic heterocycles. The lowest BCUT2D eigenvalue weighted by atomic mass is 10.1. The Hall–Kier alpha value is -1.46. The Labute approximate surface area is 147 Å². The molecule has 120 valence electrons. The minimum absolute atomic E-state index is 0.00453. The lowest BCUT2D eigenvalue weighted by Crippen LogP contribution is -2.14. The molecule has 0 atom stereocenters. The second-order valence-electron chi connectivity index (χ2n) is 4.84. The molecule has 23 heavy (non-hydrogen) atoms. The van der Waals surface area contributed by atoms with Crippen molar-refractivity contribution in [3.63, 3.8) is 0 Å². The molecule has 3 rings (SSSR count). The number of halogens is 3. The van der Waals surface area contributed by atoms with Gasteiger partial charge in [0.1, 0.15) is 12.4 Å². The number of ether oxygens (including phenoxy) is 3. The van der Waals surface area contributed by atoms with Crippen molar-refractivity contribution in [3.8, 4) is 5.75 Å². The van der Waals surface area contributed by atoms with Gasteiger partial charge in [0.2, 0.25) is 0 Å². The molecular weight excluding hydrogens is 363 g/mol. The molecule has 0 amide bonds. The Bertz CT molecular complexity index is 761. The first-order chi connectivity index (χ1) is 11.1. The van der Waals surface area contributed by atoms with E-state index in [0.717, 1.165) is 5.56 Å². The SMILES string of the molecule is O=C(OCc1cc(Cl)cc2c1OCOC2)c1cccc(Cl)c1Cl. The highest BCUT2D eigenvalue weighted by Gasteiger charge is 2.19. The minimum Gasteiger partial charge on any atom is -0.467 e. The topological polar surface area (TPSA) is 44.8 Å². The van der Waals surface area contributed by atoms with E-state index in [9.17, 15) is 4.79 Å². The van der Waals surface area contributed by atoms with Crippen LogP contribution in [0.25, 0.3) is 0 Å². The van der Waals surface area contributed by atoms with E-state index < -0.39 is 5.97 Å². The fraction of sp³-hybridized carbons (Fsp3) is 0.188. The highest BCUT2D eigenvalue weighted by atomic mass is 35.5. The Morgan fingerprint density at radius 1 is 1.22 bits per heavy atom. The smallest absolute Gasteiger partial charge is 0.340 e. The van der Waals surface area contributed by atoms with Crippen LogP contribution in [0.1, 0.15) is 21.5 Å². The maximum atomic E-state index is 12.2. The second-order valence-corrected chi connectivity index (χ2v) is 6.06. The number of rotatable bonds is 3. The molecule has 1 aliphatic rings. The van der Waals surface area contributed by atoms with Gasteiger partial charge in [-0.15, -0.1) is 0 Å². The molecule has 0 N–H and O–H groups in total. The summed E-state index contributed by atoms with van der Waals surface area (Å²) in [5, 5.41) is 0.975. The molecule has 2 aromatic rings. The van der Waals surface area contributed by atoms with Crippen LogP contribution >= 0.6 is 34.8 Å². The maximum absolute atomic E-state index is 12.2. The quantitative estimate of drug-likeness (QED) is 0.720. The van der Waals surface area contributed by atoms with Crippen molar-refractivity contribution < 1.29 is 19.0 Å².